The van der Waals surface area contributed by atoms with Crippen molar-refractivity contribution in [3.05, 3.63) is 54.1 Å². The van der Waals surface area contributed by atoms with Crippen molar-refractivity contribution in [1.29, 1.82) is 0 Å². The monoisotopic (exact) mass is 642 g/mol. The van der Waals surface area contributed by atoms with Gasteiger partial charge in [0.2, 0.25) is 11.8 Å². The van der Waals surface area contributed by atoms with Gasteiger partial charge in [-0.15, -0.1) is 0 Å². The highest BCUT2D eigenvalue weighted by Crippen LogP contribution is 2.23. The SMILES string of the molecule is CO[C@@H]1[C@@H](C)[C@@H](OC)C=CC=CCCOC(=O)[C@@H]2CCCN(N2)C(=O)[C@H](Cc2cccc(O)c2)NC(=O)[C@H](C(C)C)NC(=O)[C@@H]1C. The summed E-state index contributed by atoms with van der Waals surface area (Å²) in [5.74, 6) is -2.97. The Morgan fingerprint density at radius 3 is 2.48 bits per heavy atom. The van der Waals surface area contributed by atoms with Crippen molar-refractivity contribution in [3.63, 3.8) is 0 Å². The predicted molar refractivity (Wildman–Crippen MR) is 172 cm³/mol. The van der Waals surface area contributed by atoms with Crippen LogP contribution < -0.4 is 16.1 Å². The number of phenolic OH excluding ortho intramolecular Hbond substituents is 1. The van der Waals surface area contributed by atoms with Crippen molar-refractivity contribution in [2.45, 2.75) is 83.7 Å². The largest absolute Gasteiger partial charge is 0.508 e. The summed E-state index contributed by atoms with van der Waals surface area (Å²) < 4.78 is 17.0. The molecule has 2 aliphatic rings. The van der Waals surface area contributed by atoms with Gasteiger partial charge in [0.15, 0.2) is 0 Å². The number of benzene rings is 1. The molecule has 3 amide bonds. The minimum absolute atomic E-state index is 0.0258. The zero-order chi connectivity index (χ0) is 33.8. The fraction of sp³-hybridized carbons (Fsp3) is 0.588. The summed E-state index contributed by atoms with van der Waals surface area (Å²) >= 11 is 0. The highest BCUT2D eigenvalue weighted by Gasteiger charge is 2.37. The van der Waals surface area contributed by atoms with Crippen molar-refractivity contribution in [1.82, 2.24) is 21.1 Å². The van der Waals surface area contributed by atoms with Crippen LogP contribution >= 0.6 is 0 Å². The molecule has 0 aliphatic carbocycles. The number of carbonyl (C=O) groups excluding carboxylic acids is 4. The van der Waals surface area contributed by atoms with E-state index < -0.39 is 47.9 Å². The first-order valence-corrected chi connectivity index (χ1v) is 16.0. The number of methoxy groups -OCH3 is 2. The molecule has 1 saturated heterocycles. The van der Waals surface area contributed by atoms with Crippen molar-refractivity contribution in [2.24, 2.45) is 17.8 Å². The average Bonchev–Trinajstić information content (AvgIpc) is 3.03. The summed E-state index contributed by atoms with van der Waals surface area (Å²) in [6.45, 7) is 7.79. The minimum Gasteiger partial charge on any atom is -0.508 e. The molecule has 1 aromatic carbocycles. The number of nitrogens with zero attached hydrogens (tertiary/aromatic N) is 1. The number of fused-ring (bicyclic) bond motifs is 2. The molecule has 2 heterocycles. The molecule has 2 aliphatic heterocycles. The van der Waals surface area contributed by atoms with Crippen LogP contribution in [0.1, 0.15) is 52.5 Å². The van der Waals surface area contributed by atoms with Crippen LogP contribution in [-0.2, 0) is 39.8 Å². The number of amides is 3. The van der Waals surface area contributed by atoms with Gasteiger partial charge in [-0.1, -0.05) is 64.1 Å². The van der Waals surface area contributed by atoms with E-state index in [1.165, 1.54) is 24.3 Å². The molecule has 7 atom stereocenters. The van der Waals surface area contributed by atoms with Crippen LogP contribution in [0.15, 0.2) is 48.6 Å². The van der Waals surface area contributed by atoms with E-state index in [4.69, 9.17) is 14.2 Å². The summed E-state index contributed by atoms with van der Waals surface area (Å²) in [5.41, 5.74) is 3.61. The molecule has 1 aromatic rings. The van der Waals surface area contributed by atoms with Crippen LogP contribution in [0, 0.1) is 17.8 Å². The van der Waals surface area contributed by atoms with Gasteiger partial charge in [-0.2, -0.15) is 0 Å². The third-order valence-corrected chi connectivity index (χ3v) is 8.51. The third kappa shape index (κ3) is 10.1. The van der Waals surface area contributed by atoms with E-state index in [9.17, 15) is 24.3 Å². The Balaban J connectivity index is 1.95. The number of esters is 1. The lowest BCUT2D eigenvalue weighted by Gasteiger charge is -2.36. The zero-order valence-corrected chi connectivity index (χ0v) is 27.7. The second kappa shape index (κ2) is 17.8. The molecule has 12 heteroatoms. The first-order chi connectivity index (χ1) is 22.0. The summed E-state index contributed by atoms with van der Waals surface area (Å²) in [6.07, 6.45) is 8.14. The topological polar surface area (TPSA) is 156 Å². The van der Waals surface area contributed by atoms with Crippen molar-refractivity contribution in [2.75, 3.05) is 27.4 Å². The van der Waals surface area contributed by atoms with Gasteiger partial charge >= 0.3 is 5.97 Å². The van der Waals surface area contributed by atoms with Gasteiger partial charge in [-0.05, 0) is 42.9 Å². The molecule has 1 fully saturated rings. The third-order valence-electron chi connectivity index (χ3n) is 8.51. The minimum atomic E-state index is -1.06. The predicted octanol–water partition coefficient (Wildman–Crippen LogP) is 2.42. The Bertz CT molecular complexity index is 1250. The van der Waals surface area contributed by atoms with Crippen LogP contribution in [0.4, 0.5) is 0 Å². The van der Waals surface area contributed by atoms with Crippen LogP contribution in [-0.4, -0.2) is 91.5 Å². The number of rotatable bonds is 5. The number of carbonyl (C=O) groups is 4. The van der Waals surface area contributed by atoms with Gasteiger partial charge in [0.1, 0.15) is 23.9 Å². The molecule has 0 saturated carbocycles. The molecular weight excluding hydrogens is 592 g/mol. The summed E-state index contributed by atoms with van der Waals surface area (Å²) in [5, 5.41) is 17.1. The molecule has 12 nitrogen and oxygen atoms in total. The Hall–Kier alpha value is -3.74. The number of phenols is 1. The fourth-order valence-corrected chi connectivity index (χ4v) is 5.86. The zero-order valence-electron chi connectivity index (χ0n) is 27.7. The number of ether oxygens (including phenoxy) is 3. The van der Waals surface area contributed by atoms with Gasteiger partial charge in [0, 0.05) is 33.1 Å². The summed E-state index contributed by atoms with van der Waals surface area (Å²) in [7, 11) is 3.13. The molecule has 0 aromatic heterocycles. The molecule has 0 spiro atoms. The Morgan fingerprint density at radius 1 is 1.04 bits per heavy atom. The molecule has 0 radical (unpaired) electrons. The maximum Gasteiger partial charge on any atom is 0.324 e. The highest BCUT2D eigenvalue weighted by atomic mass is 16.5. The lowest BCUT2D eigenvalue weighted by Crippen LogP contribution is -2.62. The number of cyclic esters (lactones) is 1. The van der Waals surface area contributed by atoms with Crippen molar-refractivity contribution in [3.8, 4) is 5.75 Å². The quantitative estimate of drug-likeness (QED) is 0.355. The molecule has 0 unspecified atom stereocenters. The van der Waals surface area contributed by atoms with E-state index >= 15 is 0 Å². The average molecular weight is 643 g/mol. The molecule has 3 rings (SSSR count). The van der Waals surface area contributed by atoms with Crippen LogP contribution in [0.5, 0.6) is 5.75 Å². The van der Waals surface area contributed by atoms with Gasteiger partial charge in [-0.25, -0.2) is 5.43 Å². The first kappa shape index (κ1) is 36.7. The van der Waals surface area contributed by atoms with Crippen LogP contribution in [0.3, 0.4) is 0 Å². The van der Waals surface area contributed by atoms with Crippen molar-refractivity contribution < 1.29 is 38.5 Å². The van der Waals surface area contributed by atoms with E-state index in [1.54, 1.807) is 26.2 Å². The number of hydrogen-bond acceptors (Lipinski definition) is 9. The maximum absolute atomic E-state index is 13.9. The standard InChI is InChI=1S/C34H50N4O8/c1-21(2)29-32(41)35-27(20-24-13-11-14-25(39)19-24)33(42)38-17-12-15-26(37-38)34(43)46-18-10-8-7-9-16-28(44-5)22(3)30(45-6)23(4)31(40)36-29/h7-9,11,13-14,16,19,21-23,26-30,37,39H,10,12,15,17-18,20H2,1-6H3,(H,35,41)(H,36,40)/t22-,23+,26-,27-,28-,29-,30+/m0/s1. The molecule has 254 valence electrons. The van der Waals surface area contributed by atoms with Gasteiger partial charge in [0.05, 0.1) is 24.7 Å². The second-order valence-electron chi connectivity index (χ2n) is 12.3. The number of hydrazine groups is 1. The van der Waals surface area contributed by atoms with E-state index in [1.807, 2.05) is 45.1 Å². The Labute approximate surface area is 271 Å². The number of allylic oxidation sites excluding steroid dienone is 2. The Kier molecular flexibility index (Phi) is 14.2. The second-order valence-corrected chi connectivity index (χ2v) is 12.3. The first-order valence-electron chi connectivity index (χ1n) is 16.0. The van der Waals surface area contributed by atoms with E-state index in [0.717, 1.165) is 0 Å². The van der Waals surface area contributed by atoms with E-state index in [-0.39, 0.29) is 42.6 Å². The van der Waals surface area contributed by atoms with Crippen LogP contribution in [0.2, 0.25) is 0 Å². The summed E-state index contributed by atoms with van der Waals surface area (Å²) in [6, 6.07) is 3.71. The number of hydrogen-bond donors (Lipinski definition) is 4. The van der Waals surface area contributed by atoms with Gasteiger partial charge in [-0.3, -0.25) is 24.2 Å². The van der Waals surface area contributed by atoms with Crippen LogP contribution in [0.25, 0.3) is 0 Å². The highest BCUT2D eigenvalue weighted by molar-refractivity contribution is 5.93. The Morgan fingerprint density at radius 2 is 1.80 bits per heavy atom. The normalized spacial score (nSPS) is 29.4. The fourth-order valence-electron chi connectivity index (χ4n) is 5.86. The van der Waals surface area contributed by atoms with Crippen molar-refractivity contribution >= 4 is 23.7 Å². The molecule has 46 heavy (non-hydrogen) atoms. The number of aromatic hydroxyl groups is 1. The van der Waals surface area contributed by atoms with E-state index in [2.05, 4.69) is 16.1 Å². The maximum atomic E-state index is 13.9. The summed E-state index contributed by atoms with van der Waals surface area (Å²) in [4.78, 5) is 54.2. The smallest absolute Gasteiger partial charge is 0.324 e. The van der Waals surface area contributed by atoms with E-state index in [0.29, 0.717) is 31.4 Å². The van der Waals surface area contributed by atoms with Gasteiger partial charge in [0.25, 0.3) is 5.91 Å². The lowest BCUT2D eigenvalue weighted by molar-refractivity contribution is -0.153. The molecule has 4 N–H and O–H groups in total. The number of nitrogens with one attached hydrogen (secondary N) is 3. The molecule has 2 bridgehead atoms. The lowest BCUT2D eigenvalue weighted by atomic mass is 9.87. The molecular formula is C34H50N4O8. The van der Waals surface area contributed by atoms with Gasteiger partial charge < -0.3 is 30.0 Å².